The van der Waals surface area contributed by atoms with Crippen molar-refractivity contribution in [2.75, 3.05) is 33.3 Å². The minimum absolute atomic E-state index is 0.0129. The molecule has 0 amide bonds. The molecule has 1 aliphatic rings. The molecule has 1 atom stereocenters. The maximum Gasteiger partial charge on any atom is 0.252 e. The summed E-state index contributed by atoms with van der Waals surface area (Å²) in [5.41, 5.74) is 1.70. The normalized spacial score (nSPS) is 18.6. The van der Waals surface area contributed by atoms with Crippen molar-refractivity contribution in [3.63, 3.8) is 0 Å². The van der Waals surface area contributed by atoms with Gasteiger partial charge in [0.1, 0.15) is 5.75 Å². The standard InChI is InChI=1S/C19H27N3O2/c1-4-22(5-2)16-8-9-21(13-16)12-15-10-14-11-17(24-3)6-7-18(14)20-19(15)23/h6-7,10-11,16H,4-5,8-9,12-13H2,1-3H3,(H,20,23)/t16-/m0/s1. The molecule has 1 saturated heterocycles. The fraction of sp³-hybridized carbons (Fsp3) is 0.526. The van der Waals surface area contributed by atoms with Gasteiger partial charge in [-0.3, -0.25) is 14.6 Å². The monoisotopic (exact) mass is 329 g/mol. The quantitative estimate of drug-likeness (QED) is 0.884. The van der Waals surface area contributed by atoms with E-state index in [1.165, 1.54) is 6.42 Å². The van der Waals surface area contributed by atoms with E-state index in [2.05, 4.69) is 28.6 Å². The number of H-pyrrole nitrogens is 1. The van der Waals surface area contributed by atoms with Gasteiger partial charge in [-0.15, -0.1) is 0 Å². The number of aromatic amines is 1. The highest BCUT2D eigenvalue weighted by Gasteiger charge is 2.26. The summed E-state index contributed by atoms with van der Waals surface area (Å²) in [7, 11) is 1.66. The summed E-state index contributed by atoms with van der Waals surface area (Å²) in [6.45, 7) is 9.41. The van der Waals surface area contributed by atoms with Crippen molar-refractivity contribution in [3.05, 3.63) is 40.2 Å². The van der Waals surface area contributed by atoms with Crippen LogP contribution in [0.25, 0.3) is 10.9 Å². The number of ether oxygens (including phenoxy) is 1. The van der Waals surface area contributed by atoms with Gasteiger partial charge in [0.25, 0.3) is 5.56 Å². The number of likely N-dealkylation sites (tertiary alicyclic amines) is 1. The SMILES string of the molecule is CCN(CC)[C@H]1CCN(Cc2cc3cc(OC)ccc3[nH]c2=O)C1. The summed E-state index contributed by atoms with van der Waals surface area (Å²) in [6.07, 6.45) is 1.18. The second kappa shape index (κ2) is 7.36. The van der Waals surface area contributed by atoms with E-state index in [4.69, 9.17) is 4.74 Å². The van der Waals surface area contributed by atoms with Crippen molar-refractivity contribution < 1.29 is 4.74 Å². The molecular formula is C19H27N3O2. The lowest BCUT2D eigenvalue weighted by Crippen LogP contribution is -2.37. The minimum Gasteiger partial charge on any atom is -0.497 e. The molecule has 2 heterocycles. The van der Waals surface area contributed by atoms with E-state index in [0.717, 1.165) is 48.4 Å². The molecule has 3 rings (SSSR count). The van der Waals surface area contributed by atoms with Crippen LogP contribution in [0.2, 0.25) is 0 Å². The predicted molar refractivity (Wildman–Crippen MR) is 97.7 cm³/mol. The number of nitrogens with one attached hydrogen (secondary N) is 1. The van der Waals surface area contributed by atoms with Crippen molar-refractivity contribution in [2.45, 2.75) is 32.9 Å². The van der Waals surface area contributed by atoms with Gasteiger partial charge in [-0.1, -0.05) is 13.8 Å². The molecule has 0 saturated carbocycles. The number of fused-ring (bicyclic) bond motifs is 1. The number of nitrogens with zero attached hydrogens (tertiary/aromatic N) is 2. The molecule has 0 spiro atoms. The van der Waals surface area contributed by atoms with Gasteiger partial charge in [-0.2, -0.15) is 0 Å². The highest BCUT2D eigenvalue weighted by molar-refractivity contribution is 5.80. The zero-order valence-electron chi connectivity index (χ0n) is 14.8. The molecule has 1 aliphatic heterocycles. The number of hydrogen-bond donors (Lipinski definition) is 1. The number of aromatic nitrogens is 1. The van der Waals surface area contributed by atoms with Crippen LogP contribution in [0.1, 0.15) is 25.8 Å². The molecule has 130 valence electrons. The summed E-state index contributed by atoms with van der Waals surface area (Å²) in [5.74, 6) is 0.809. The highest BCUT2D eigenvalue weighted by atomic mass is 16.5. The molecule has 1 fully saturated rings. The fourth-order valence-electron chi connectivity index (χ4n) is 3.71. The lowest BCUT2D eigenvalue weighted by atomic mass is 10.1. The first-order valence-corrected chi connectivity index (χ1v) is 8.81. The molecule has 2 aromatic rings. The van der Waals surface area contributed by atoms with E-state index in [1.807, 2.05) is 24.3 Å². The van der Waals surface area contributed by atoms with Crippen LogP contribution < -0.4 is 10.3 Å². The van der Waals surface area contributed by atoms with Crippen molar-refractivity contribution >= 4 is 10.9 Å². The predicted octanol–water partition coefficient (Wildman–Crippen LogP) is 2.45. The average molecular weight is 329 g/mol. The maximum atomic E-state index is 12.4. The Bertz CT molecular complexity index is 752. The third kappa shape index (κ3) is 3.47. The highest BCUT2D eigenvalue weighted by Crippen LogP contribution is 2.21. The van der Waals surface area contributed by atoms with Gasteiger partial charge >= 0.3 is 0 Å². The van der Waals surface area contributed by atoms with Crippen LogP contribution >= 0.6 is 0 Å². The topological polar surface area (TPSA) is 48.6 Å². The Kier molecular flexibility index (Phi) is 5.21. The molecule has 5 nitrogen and oxygen atoms in total. The van der Waals surface area contributed by atoms with Crippen molar-refractivity contribution in [3.8, 4) is 5.75 Å². The third-order valence-corrected chi connectivity index (χ3v) is 5.10. The number of benzene rings is 1. The van der Waals surface area contributed by atoms with E-state index in [-0.39, 0.29) is 5.56 Å². The smallest absolute Gasteiger partial charge is 0.252 e. The summed E-state index contributed by atoms with van der Waals surface area (Å²) in [6, 6.07) is 8.34. The van der Waals surface area contributed by atoms with Gasteiger partial charge in [-0.05, 0) is 43.8 Å². The van der Waals surface area contributed by atoms with Crippen LogP contribution in [-0.4, -0.2) is 54.1 Å². The molecule has 1 aromatic carbocycles. The molecule has 0 aliphatic carbocycles. The fourth-order valence-corrected chi connectivity index (χ4v) is 3.71. The van der Waals surface area contributed by atoms with Crippen molar-refractivity contribution in [2.24, 2.45) is 0 Å². The number of hydrogen-bond acceptors (Lipinski definition) is 4. The summed E-state index contributed by atoms with van der Waals surface area (Å²) >= 11 is 0. The van der Waals surface area contributed by atoms with Crippen molar-refractivity contribution in [1.29, 1.82) is 0 Å². The number of likely N-dealkylation sites (N-methyl/N-ethyl adjacent to an activating group) is 1. The zero-order valence-corrected chi connectivity index (χ0v) is 14.8. The lowest BCUT2D eigenvalue weighted by Gasteiger charge is -2.26. The van der Waals surface area contributed by atoms with Gasteiger partial charge in [-0.25, -0.2) is 0 Å². The minimum atomic E-state index is 0.0129. The molecule has 24 heavy (non-hydrogen) atoms. The Balaban J connectivity index is 1.78. The second-order valence-electron chi connectivity index (χ2n) is 6.48. The zero-order chi connectivity index (χ0) is 17.1. The van der Waals surface area contributed by atoms with Gasteiger partial charge < -0.3 is 9.72 Å². The van der Waals surface area contributed by atoms with E-state index in [1.54, 1.807) is 7.11 Å². The Morgan fingerprint density at radius 2 is 2.08 bits per heavy atom. The summed E-state index contributed by atoms with van der Waals surface area (Å²) in [4.78, 5) is 20.3. The number of pyridine rings is 1. The first kappa shape index (κ1) is 17.0. The largest absolute Gasteiger partial charge is 0.497 e. The Morgan fingerprint density at radius 3 is 2.79 bits per heavy atom. The van der Waals surface area contributed by atoms with Crippen LogP contribution in [0.15, 0.2) is 29.1 Å². The van der Waals surface area contributed by atoms with Crippen LogP contribution in [0.3, 0.4) is 0 Å². The maximum absolute atomic E-state index is 12.4. The molecule has 0 unspecified atom stereocenters. The molecule has 0 radical (unpaired) electrons. The van der Waals surface area contributed by atoms with Gasteiger partial charge in [0.05, 0.1) is 7.11 Å². The summed E-state index contributed by atoms with van der Waals surface area (Å²) in [5, 5.41) is 1.02. The van der Waals surface area contributed by atoms with Gasteiger partial charge in [0.2, 0.25) is 0 Å². The van der Waals surface area contributed by atoms with Crippen molar-refractivity contribution in [1.82, 2.24) is 14.8 Å². The van der Waals surface area contributed by atoms with Crippen LogP contribution in [-0.2, 0) is 6.54 Å². The first-order chi connectivity index (χ1) is 11.6. The van der Waals surface area contributed by atoms with E-state index in [9.17, 15) is 4.79 Å². The molecule has 1 aromatic heterocycles. The lowest BCUT2D eigenvalue weighted by molar-refractivity contribution is 0.209. The van der Waals surface area contributed by atoms with Crippen LogP contribution in [0.4, 0.5) is 0 Å². The average Bonchev–Trinajstić information content (AvgIpc) is 3.04. The van der Waals surface area contributed by atoms with Gasteiger partial charge in [0, 0.05) is 42.1 Å². The number of rotatable bonds is 6. The summed E-state index contributed by atoms with van der Waals surface area (Å²) < 4.78 is 5.28. The van der Waals surface area contributed by atoms with Gasteiger partial charge in [0.15, 0.2) is 0 Å². The first-order valence-electron chi connectivity index (χ1n) is 8.81. The molecule has 5 heteroatoms. The van der Waals surface area contributed by atoms with E-state index >= 15 is 0 Å². The van der Waals surface area contributed by atoms with Crippen LogP contribution in [0, 0.1) is 0 Å². The second-order valence-corrected chi connectivity index (χ2v) is 6.48. The van der Waals surface area contributed by atoms with E-state index < -0.39 is 0 Å². The third-order valence-electron chi connectivity index (χ3n) is 5.10. The Hall–Kier alpha value is -1.85. The van der Waals surface area contributed by atoms with E-state index in [0.29, 0.717) is 12.6 Å². The molecule has 0 bridgehead atoms. The Morgan fingerprint density at radius 1 is 1.29 bits per heavy atom. The Labute approximate surface area is 143 Å². The molecule has 1 N–H and O–H groups in total. The number of methoxy groups -OCH3 is 1. The molecular weight excluding hydrogens is 302 g/mol. The van der Waals surface area contributed by atoms with Crippen LogP contribution in [0.5, 0.6) is 5.75 Å².